The molecule has 6 nitrogen and oxygen atoms in total. The van der Waals surface area contributed by atoms with Gasteiger partial charge in [-0.1, -0.05) is 37.2 Å². The highest BCUT2D eigenvalue weighted by Gasteiger charge is 2.38. The molecular weight excluding hydrogens is 434 g/mol. The summed E-state index contributed by atoms with van der Waals surface area (Å²) < 4.78 is 35.2. The number of aryl methyl sites for hydroxylation is 2. The fraction of sp³-hybridized carbons (Fsp3) is 0.304. The molecule has 0 N–H and O–H groups in total. The van der Waals surface area contributed by atoms with Gasteiger partial charge >= 0.3 is 0 Å². The van der Waals surface area contributed by atoms with E-state index in [2.05, 4.69) is 15.2 Å². The van der Waals surface area contributed by atoms with Crippen LogP contribution in [0.2, 0.25) is 0 Å². The number of ether oxygens (including phenoxy) is 1. The van der Waals surface area contributed by atoms with Gasteiger partial charge in [-0.2, -0.15) is 4.98 Å². The van der Waals surface area contributed by atoms with Crippen LogP contribution in [-0.4, -0.2) is 26.8 Å². The van der Waals surface area contributed by atoms with Gasteiger partial charge in [0.05, 0.1) is 11.3 Å². The number of hydrogen-bond donors (Lipinski definition) is 0. The van der Waals surface area contributed by atoms with Crippen LogP contribution in [0.25, 0.3) is 11.3 Å². The summed E-state index contributed by atoms with van der Waals surface area (Å²) in [6, 6.07) is 6.88. The average Bonchev–Trinajstić information content (AvgIpc) is 2.89. The lowest BCUT2D eigenvalue weighted by atomic mass is 9.99. The van der Waals surface area contributed by atoms with E-state index >= 15 is 0 Å². The maximum Gasteiger partial charge on any atom is 0.247 e. The fourth-order valence-corrected chi connectivity index (χ4v) is 4.31. The van der Waals surface area contributed by atoms with Crippen molar-refractivity contribution >= 4 is 23.4 Å². The van der Waals surface area contributed by atoms with Crippen molar-refractivity contribution < 1.29 is 18.3 Å². The van der Waals surface area contributed by atoms with Crippen LogP contribution in [0.5, 0.6) is 5.88 Å². The lowest BCUT2D eigenvalue weighted by Crippen LogP contribution is -2.38. The molecule has 2 aromatic carbocycles. The number of thioether (sulfide) groups is 1. The second-order valence-electron chi connectivity index (χ2n) is 7.41. The molecule has 4 rings (SSSR count). The van der Waals surface area contributed by atoms with Crippen LogP contribution in [0.1, 0.15) is 43.2 Å². The van der Waals surface area contributed by atoms with Gasteiger partial charge in [-0.15, -0.1) is 10.2 Å². The van der Waals surface area contributed by atoms with Crippen molar-refractivity contribution in [2.24, 2.45) is 0 Å². The lowest BCUT2D eigenvalue weighted by Gasteiger charge is -2.32. The Labute approximate surface area is 189 Å². The zero-order chi connectivity index (χ0) is 23.0. The first-order chi connectivity index (χ1) is 15.3. The Morgan fingerprint density at radius 1 is 1.16 bits per heavy atom. The van der Waals surface area contributed by atoms with E-state index in [4.69, 9.17) is 4.74 Å². The van der Waals surface area contributed by atoms with Crippen LogP contribution in [0.15, 0.2) is 35.5 Å². The summed E-state index contributed by atoms with van der Waals surface area (Å²) in [5, 5.41) is 8.92. The minimum atomic E-state index is -1.27. The monoisotopic (exact) mass is 456 g/mol. The number of carbonyl (C=O) groups is 1. The van der Waals surface area contributed by atoms with E-state index in [1.165, 1.54) is 16.7 Å². The minimum Gasteiger partial charge on any atom is -0.447 e. The first-order valence-electron chi connectivity index (χ1n) is 10.3. The summed E-state index contributed by atoms with van der Waals surface area (Å²) in [6.45, 7) is 7.44. The topological polar surface area (TPSA) is 68.2 Å². The molecule has 0 bridgehead atoms. The Balaban J connectivity index is 2.05. The third-order valence-corrected chi connectivity index (χ3v) is 5.82. The number of amides is 1. The second kappa shape index (κ2) is 8.82. The molecule has 0 saturated carbocycles. The predicted molar refractivity (Wildman–Crippen MR) is 119 cm³/mol. The number of aromatic nitrogens is 3. The molecule has 0 saturated heterocycles. The van der Waals surface area contributed by atoms with Crippen LogP contribution in [0.3, 0.4) is 0 Å². The average molecular weight is 457 g/mol. The van der Waals surface area contributed by atoms with Crippen molar-refractivity contribution in [1.82, 2.24) is 15.2 Å². The van der Waals surface area contributed by atoms with Gasteiger partial charge in [-0.25, -0.2) is 8.78 Å². The van der Waals surface area contributed by atoms with E-state index in [0.29, 0.717) is 22.1 Å². The summed E-state index contributed by atoms with van der Waals surface area (Å²) in [6.07, 6.45) is -1.13. The van der Waals surface area contributed by atoms with Crippen molar-refractivity contribution in [2.75, 3.05) is 10.7 Å². The van der Waals surface area contributed by atoms with E-state index in [0.717, 1.165) is 35.1 Å². The first kappa shape index (κ1) is 22.1. The molecule has 1 aromatic heterocycles. The summed E-state index contributed by atoms with van der Waals surface area (Å²) >= 11 is 1.38. The molecule has 3 aromatic rings. The van der Waals surface area contributed by atoms with Gasteiger partial charge in [-0.05, 0) is 49.4 Å². The molecule has 166 valence electrons. The van der Waals surface area contributed by atoms with Gasteiger partial charge in [0.25, 0.3) is 0 Å². The van der Waals surface area contributed by atoms with E-state index in [-0.39, 0.29) is 23.8 Å². The molecule has 2 heterocycles. The quantitative estimate of drug-likeness (QED) is 0.491. The number of rotatable bonds is 4. The Hall–Kier alpha value is -3.07. The minimum absolute atomic E-state index is 0.103. The molecule has 1 atom stereocenters. The van der Waals surface area contributed by atoms with E-state index in [1.807, 2.05) is 32.9 Å². The molecule has 1 aliphatic rings. The van der Waals surface area contributed by atoms with Gasteiger partial charge in [0.2, 0.25) is 23.2 Å². The molecule has 1 amide bonds. The molecular formula is C23H22F2N4O2S. The predicted octanol–water partition coefficient (Wildman–Crippen LogP) is 5.38. The van der Waals surface area contributed by atoms with Crippen molar-refractivity contribution in [1.29, 1.82) is 0 Å². The number of hydrogen-bond acceptors (Lipinski definition) is 6. The highest BCUT2D eigenvalue weighted by Crippen LogP contribution is 2.46. The van der Waals surface area contributed by atoms with Crippen molar-refractivity contribution in [3.8, 4) is 17.1 Å². The van der Waals surface area contributed by atoms with E-state index in [9.17, 15) is 13.6 Å². The maximum atomic E-state index is 14.9. The number of anilines is 1. The molecule has 0 radical (unpaired) electrons. The zero-order valence-electron chi connectivity index (χ0n) is 18.1. The number of fused-ring (bicyclic) bond motifs is 3. The van der Waals surface area contributed by atoms with Gasteiger partial charge < -0.3 is 4.74 Å². The van der Waals surface area contributed by atoms with Crippen LogP contribution in [0, 0.1) is 25.5 Å². The normalized spacial score (nSPS) is 14.9. The van der Waals surface area contributed by atoms with Gasteiger partial charge in [-0.3, -0.25) is 9.69 Å². The van der Waals surface area contributed by atoms with Gasteiger partial charge in [0.15, 0.2) is 5.69 Å². The van der Waals surface area contributed by atoms with Crippen LogP contribution in [-0.2, 0) is 4.79 Å². The number of halogens is 2. The molecule has 0 spiro atoms. The highest BCUT2D eigenvalue weighted by molar-refractivity contribution is 7.99. The van der Waals surface area contributed by atoms with Gasteiger partial charge in [0, 0.05) is 12.0 Å². The first-order valence-corrected chi connectivity index (χ1v) is 11.2. The number of carbonyl (C=O) groups excluding carboxylic acids is 1. The summed E-state index contributed by atoms with van der Waals surface area (Å²) in [4.78, 5) is 19.0. The number of benzene rings is 2. The fourth-order valence-electron chi connectivity index (χ4n) is 3.81. The molecule has 9 heteroatoms. The Kier molecular flexibility index (Phi) is 6.10. The van der Waals surface area contributed by atoms with Crippen LogP contribution in [0.4, 0.5) is 14.5 Å². The number of nitrogens with zero attached hydrogens (tertiary/aromatic N) is 4. The SMILES string of the molecule is CCSc1nnc2c(n1)OC(c1cc(F)ccc1F)N(C(=O)CC)c1c(C)cc(C)cc1-2. The third kappa shape index (κ3) is 3.92. The molecule has 32 heavy (non-hydrogen) atoms. The standard InChI is InChI=1S/C23H22F2N4O2S/c1-5-18(30)29-20-13(4)9-12(3)10-16(20)19-21(26-23(28-27-19)32-6-2)31-22(29)15-11-14(24)7-8-17(15)25/h7-11,22H,5-6H2,1-4H3. The Bertz CT molecular complexity index is 1200. The largest absolute Gasteiger partial charge is 0.447 e. The van der Waals surface area contributed by atoms with E-state index < -0.39 is 17.9 Å². The van der Waals surface area contributed by atoms with Crippen LogP contribution >= 0.6 is 11.8 Å². The second-order valence-corrected chi connectivity index (χ2v) is 8.64. The lowest BCUT2D eigenvalue weighted by molar-refractivity contribution is -0.120. The van der Waals surface area contributed by atoms with Gasteiger partial charge in [0.1, 0.15) is 11.6 Å². The molecule has 1 aliphatic heterocycles. The zero-order valence-corrected chi connectivity index (χ0v) is 19.0. The smallest absolute Gasteiger partial charge is 0.247 e. The molecule has 0 fully saturated rings. The van der Waals surface area contributed by atoms with Crippen molar-refractivity contribution in [3.05, 3.63) is 58.7 Å². The summed E-state index contributed by atoms with van der Waals surface area (Å²) in [5.74, 6) is -0.803. The highest BCUT2D eigenvalue weighted by atomic mass is 32.2. The van der Waals surface area contributed by atoms with Crippen LogP contribution < -0.4 is 9.64 Å². The Morgan fingerprint density at radius 3 is 2.66 bits per heavy atom. The maximum absolute atomic E-state index is 14.9. The third-order valence-electron chi connectivity index (χ3n) is 5.10. The Morgan fingerprint density at radius 2 is 1.94 bits per heavy atom. The summed E-state index contributed by atoms with van der Waals surface area (Å²) in [5.41, 5.74) is 3.08. The van der Waals surface area contributed by atoms with Crippen molar-refractivity contribution in [2.45, 2.75) is 45.5 Å². The summed E-state index contributed by atoms with van der Waals surface area (Å²) in [7, 11) is 0. The molecule has 0 aliphatic carbocycles. The molecule has 1 unspecified atom stereocenters. The van der Waals surface area contributed by atoms with E-state index in [1.54, 1.807) is 6.92 Å². The van der Waals surface area contributed by atoms with Crippen molar-refractivity contribution in [3.63, 3.8) is 0 Å².